The second kappa shape index (κ2) is 4.53. The Morgan fingerprint density at radius 3 is 2.75 bits per heavy atom. The van der Waals surface area contributed by atoms with E-state index in [-0.39, 0.29) is 5.69 Å². The van der Waals surface area contributed by atoms with Crippen molar-refractivity contribution in [3.8, 4) is 0 Å². The van der Waals surface area contributed by atoms with Gasteiger partial charge in [-0.1, -0.05) is 11.6 Å². The molecule has 0 unspecified atom stereocenters. The summed E-state index contributed by atoms with van der Waals surface area (Å²) >= 11 is 5.78. The summed E-state index contributed by atoms with van der Waals surface area (Å²) < 4.78 is 3.30. The summed E-state index contributed by atoms with van der Waals surface area (Å²) in [5, 5.41) is 0.445. The van der Waals surface area contributed by atoms with Crippen LogP contribution in [0.25, 0.3) is 0 Å². The summed E-state index contributed by atoms with van der Waals surface area (Å²) in [4.78, 5) is 15.7. The third-order valence-electron chi connectivity index (χ3n) is 2.40. The summed E-state index contributed by atoms with van der Waals surface area (Å²) in [7, 11) is 0. The normalized spacial score (nSPS) is 10.6. The summed E-state index contributed by atoms with van der Waals surface area (Å²) in [6.45, 7) is 3.14. The average Bonchev–Trinajstić information content (AvgIpc) is 2.60. The molecule has 0 fully saturated rings. The number of nitrogens with zero attached hydrogens (tertiary/aromatic N) is 3. The first-order valence-electron chi connectivity index (χ1n) is 5.06. The zero-order valence-corrected chi connectivity index (χ0v) is 9.68. The third kappa shape index (κ3) is 2.17. The number of rotatable bonds is 3. The number of pyridine rings is 1. The van der Waals surface area contributed by atoms with Gasteiger partial charge in [-0.3, -0.25) is 9.13 Å². The van der Waals surface area contributed by atoms with Crippen LogP contribution in [0.3, 0.4) is 0 Å². The number of halogens is 1. The molecule has 84 valence electrons. The summed E-state index contributed by atoms with van der Waals surface area (Å²) in [6, 6.07) is 3.61. The van der Waals surface area contributed by atoms with Gasteiger partial charge in [0.15, 0.2) is 0 Å². The highest BCUT2D eigenvalue weighted by molar-refractivity contribution is 6.29. The highest BCUT2D eigenvalue weighted by atomic mass is 35.5. The van der Waals surface area contributed by atoms with E-state index in [1.54, 1.807) is 33.8 Å². The topological polar surface area (TPSA) is 39.8 Å². The van der Waals surface area contributed by atoms with Crippen LogP contribution in [0, 0.1) is 0 Å². The SMILES string of the molecule is CCn1ccn(Cc2ccnc(Cl)c2)c1=O. The van der Waals surface area contributed by atoms with Gasteiger partial charge in [-0.25, -0.2) is 9.78 Å². The molecule has 2 heterocycles. The highest BCUT2D eigenvalue weighted by Gasteiger charge is 2.02. The largest absolute Gasteiger partial charge is 0.328 e. The Bertz CT molecular complexity index is 544. The molecule has 0 aliphatic carbocycles. The van der Waals surface area contributed by atoms with Crippen LogP contribution in [0.4, 0.5) is 0 Å². The van der Waals surface area contributed by atoms with E-state index in [0.717, 1.165) is 5.56 Å². The molecule has 4 nitrogen and oxygen atoms in total. The quantitative estimate of drug-likeness (QED) is 0.764. The molecule has 2 aromatic heterocycles. The molecule has 2 rings (SSSR count). The summed E-state index contributed by atoms with van der Waals surface area (Å²) in [5.74, 6) is 0. The van der Waals surface area contributed by atoms with Gasteiger partial charge < -0.3 is 0 Å². The van der Waals surface area contributed by atoms with Gasteiger partial charge in [0.25, 0.3) is 0 Å². The van der Waals surface area contributed by atoms with Gasteiger partial charge in [0.05, 0.1) is 6.54 Å². The first kappa shape index (κ1) is 11.0. The Morgan fingerprint density at radius 1 is 1.38 bits per heavy atom. The molecule has 2 aromatic rings. The van der Waals surface area contributed by atoms with E-state index in [4.69, 9.17) is 11.6 Å². The lowest BCUT2D eigenvalue weighted by molar-refractivity contribution is 0.668. The zero-order chi connectivity index (χ0) is 11.5. The number of aryl methyl sites for hydroxylation is 1. The van der Waals surface area contributed by atoms with Crippen LogP contribution < -0.4 is 5.69 Å². The minimum absolute atomic E-state index is 0.00423. The maximum absolute atomic E-state index is 11.8. The Kier molecular flexibility index (Phi) is 3.10. The Labute approximate surface area is 98.1 Å². The summed E-state index contributed by atoms with van der Waals surface area (Å²) in [6.07, 6.45) is 5.20. The van der Waals surface area contributed by atoms with Crippen LogP contribution in [-0.4, -0.2) is 14.1 Å². The average molecular weight is 238 g/mol. The van der Waals surface area contributed by atoms with Gasteiger partial charge in [0, 0.05) is 25.1 Å². The van der Waals surface area contributed by atoms with Crippen molar-refractivity contribution in [3.05, 3.63) is 51.9 Å². The smallest absolute Gasteiger partial charge is 0.300 e. The fourth-order valence-corrected chi connectivity index (χ4v) is 1.75. The Hall–Kier alpha value is -1.55. The predicted octanol–water partition coefficient (Wildman–Crippen LogP) is 1.77. The lowest BCUT2D eigenvalue weighted by Gasteiger charge is -2.01. The second-order valence-electron chi connectivity index (χ2n) is 3.48. The lowest BCUT2D eigenvalue weighted by Crippen LogP contribution is -2.23. The fraction of sp³-hybridized carbons (Fsp3) is 0.273. The number of hydrogen-bond donors (Lipinski definition) is 0. The van der Waals surface area contributed by atoms with Gasteiger partial charge in [-0.2, -0.15) is 0 Å². The van der Waals surface area contributed by atoms with Gasteiger partial charge in [-0.05, 0) is 24.6 Å². The minimum atomic E-state index is -0.00423. The molecular weight excluding hydrogens is 226 g/mol. The van der Waals surface area contributed by atoms with Crippen LogP contribution >= 0.6 is 11.6 Å². The monoisotopic (exact) mass is 237 g/mol. The van der Waals surface area contributed by atoms with E-state index in [0.29, 0.717) is 18.2 Å². The van der Waals surface area contributed by atoms with Crippen molar-refractivity contribution in [3.63, 3.8) is 0 Å². The zero-order valence-electron chi connectivity index (χ0n) is 8.93. The third-order valence-corrected chi connectivity index (χ3v) is 2.61. The molecule has 0 bridgehead atoms. The van der Waals surface area contributed by atoms with E-state index in [1.165, 1.54) is 0 Å². The van der Waals surface area contributed by atoms with Crippen LogP contribution in [0.15, 0.2) is 35.5 Å². The van der Waals surface area contributed by atoms with Crippen molar-refractivity contribution in [1.29, 1.82) is 0 Å². The van der Waals surface area contributed by atoms with Crippen LogP contribution in [0.2, 0.25) is 5.15 Å². The molecule has 0 aliphatic rings. The molecule has 0 aromatic carbocycles. The first-order chi connectivity index (χ1) is 7.70. The van der Waals surface area contributed by atoms with E-state index in [2.05, 4.69) is 4.98 Å². The Morgan fingerprint density at radius 2 is 2.12 bits per heavy atom. The highest BCUT2D eigenvalue weighted by Crippen LogP contribution is 2.07. The number of imidazole rings is 1. The van der Waals surface area contributed by atoms with Crippen LogP contribution in [0.5, 0.6) is 0 Å². The van der Waals surface area contributed by atoms with E-state index in [1.807, 2.05) is 13.0 Å². The predicted molar refractivity (Wildman–Crippen MR) is 62.7 cm³/mol. The maximum atomic E-state index is 11.8. The van der Waals surface area contributed by atoms with Gasteiger partial charge in [-0.15, -0.1) is 0 Å². The van der Waals surface area contributed by atoms with Crippen molar-refractivity contribution in [2.24, 2.45) is 0 Å². The first-order valence-corrected chi connectivity index (χ1v) is 5.44. The van der Waals surface area contributed by atoms with E-state index < -0.39 is 0 Å². The van der Waals surface area contributed by atoms with Crippen LogP contribution in [0.1, 0.15) is 12.5 Å². The Balaban J connectivity index is 2.27. The van der Waals surface area contributed by atoms with Gasteiger partial charge >= 0.3 is 5.69 Å². The number of aromatic nitrogens is 3. The van der Waals surface area contributed by atoms with E-state index in [9.17, 15) is 4.79 Å². The molecule has 0 saturated heterocycles. The van der Waals surface area contributed by atoms with Crippen molar-refractivity contribution in [2.45, 2.75) is 20.0 Å². The molecule has 16 heavy (non-hydrogen) atoms. The molecule has 5 heteroatoms. The molecule has 0 aliphatic heterocycles. The second-order valence-corrected chi connectivity index (χ2v) is 3.87. The van der Waals surface area contributed by atoms with Crippen molar-refractivity contribution >= 4 is 11.6 Å². The lowest BCUT2D eigenvalue weighted by atomic mass is 10.3. The minimum Gasteiger partial charge on any atom is -0.300 e. The van der Waals surface area contributed by atoms with Crippen molar-refractivity contribution < 1.29 is 0 Å². The molecule has 0 atom stereocenters. The van der Waals surface area contributed by atoms with E-state index >= 15 is 0 Å². The van der Waals surface area contributed by atoms with Crippen LogP contribution in [-0.2, 0) is 13.1 Å². The molecule has 0 saturated carbocycles. The molecule has 0 spiro atoms. The molecular formula is C11H12ClN3O. The van der Waals surface area contributed by atoms with Gasteiger partial charge in [0.2, 0.25) is 0 Å². The van der Waals surface area contributed by atoms with Gasteiger partial charge in [0.1, 0.15) is 5.15 Å². The van der Waals surface area contributed by atoms with Crippen molar-refractivity contribution in [1.82, 2.24) is 14.1 Å². The summed E-state index contributed by atoms with van der Waals surface area (Å²) in [5.41, 5.74) is 0.964. The standard InChI is InChI=1S/C11H12ClN3O/c1-2-14-5-6-15(11(14)16)8-9-3-4-13-10(12)7-9/h3-7H,2,8H2,1H3. The maximum Gasteiger partial charge on any atom is 0.328 e. The molecule has 0 N–H and O–H groups in total. The fourth-order valence-electron chi connectivity index (χ4n) is 1.55. The van der Waals surface area contributed by atoms with Crippen molar-refractivity contribution in [2.75, 3.05) is 0 Å². The molecule has 0 amide bonds. The number of hydrogen-bond acceptors (Lipinski definition) is 2. The molecule has 0 radical (unpaired) electrons.